The van der Waals surface area contributed by atoms with E-state index >= 15 is 0 Å². The van der Waals surface area contributed by atoms with Gasteiger partial charge in [-0.05, 0) is 64.6 Å². The Labute approximate surface area is 129 Å². The molecule has 2 aromatic carbocycles. The summed E-state index contributed by atoms with van der Waals surface area (Å²) in [6.45, 7) is 0. The molecule has 0 saturated heterocycles. The van der Waals surface area contributed by atoms with Crippen LogP contribution in [0.1, 0.15) is 15.9 Å². The van der Waals surface area contributed by atoms with Gasteiger partial charge in [-0.25, -0.2) is 5.43 Å². The van der Waals surface area contributed by atoms with E-state index in [0.717, 1.165) is 9.13 Å². The van der Waals surface area contributed by atoms with Crippen LogP contribution in [0.15, 0.2) is 53.6 Å². The fraction of sp³-hybridized carbons (Fsp3) is 0. The summed E-state index contributed by atoms with van der Waals surface area (Å²) in [5, 5.41) is 4.51. The largest absolute Gasteiger partial charge is 0.271 e. The smallest absolute Gasteiger partial charge is 0.267 e. The van der Waals surface area contributed by atoms with Crippen molar-refractivity contribution in [3.63, 3.8) is 0 Å². The number of halogens is 2. The third-order valence-electron chi connectivity index (χ3n) is 2.36. The summed E-state index contributed by atoms with van der Waals surface area (Å²) in [7, 11) is 0. The van der Waals surface area contributed by atoms with Crippen molar-refractivity contribution in [3.8, 4) is 0 Å². The molecule has 1 amide bonds. The highest BCUT2D eigenvalue weighted by Crippen LogP contribution is 2.09. The lowest BCUT2D eigenvalue weighted by Gasteiger charge is -1.99. The summed E-state index contributed by atoms with van der Waals surface area (Å²) in [5.41, 5.74) is 3.91. The molecular formula is C14H10ClIN2O. The number of carbonyl (C=O) groups is 1. The zero-order valence-electron chi connectivity index (χ0n) is 9.81. The first kappa shape index (κ1) is 14.0. The molecule has 0 aliphatic rings. The Morgan fingerprint density at radius 1 is 1.11 bits per heavy atom. The van der Waals surface area contributed by atoms with E-state index in [4.69, 9.17) is 11.6 Å². The minimum absolute atomic E-state index is 0.265. The first-order chi connectivity index (χ1) is 9.15. The topological polar surface area (TPSA) is 41.5 Å². The van der Waals surface area contributed by atoms with E-state index in [1.807, 2.05) is 24.3 Å². The van der Waals surface area contributed by atoms with Crippen LogP contribution in [0.3, 0.4) is 0 Å². The standard InChI is InChI=1S/C14H10ClIN2O/c15-12-5-3-11(4-6-12)14(19)18-17-9-10-1-7-13(16)8-2-10/h1-9H,(H,18,19)/b17-9-. The highest BCUT2D eigenvalue weighted by atomic mass is 127. The predicted octanol–water partition coefficient (Wildman–Crippen LogP) is 3.71. The molecule has 0 unspecified atom stereocenters. The van der Waals surface area contributed by atoms with Crippen LogP contribution in [0, 0.1) is 3.57 Å². The number of nitrogens with zero attached hydrogens (tertiary/aromatic N) is 1. The Bertz CT molecular complexity index is 594. The van der Waals surface area contributed by atoms with E-state index in [-0.39, 0.29) is 5.91 Å². The first-order valence-corrected chi connectivity index (χ1v) is 6.95. The van der Waals surface area contributed by atoms with E-state index in [2.05, 4.69) is 33.1 Å². The van der Waals surface area contributed by atoms with Crippen LogP contribution < -0.4 is 5.43 Å². The highest BCUT2D eigenvalue weighted by Gasteiger charge is 2.02. The third kappa shape index (κ3) is 4.33. The van der Waals surface area contributed by atoms with Crippen molar-refractivity contribution in [2.45, 2.75) is 0 Å². The van der Waals surface area contributed by atoms with Gasteiger partial charge in [-0.2, -0.15) is 5.10 Å². The van der Waals surface area contributed by atoms with E-state index < -0.39 is 0 Å². The highest BCUT2D eigenvalue weighted by molar-refractivity contribution is 14.1. The number of hydrazone groups is 1. The lowest BCUT2D eigenvalue weighted by atomic mass is 10.2. The minimum atomic E-state index is -0.265. The van der Waals surface area contributed by atoms with Crippen LogP contribution in [-0.2, 0) is 0 Å². The quantitative estimate of drug-likeness (QED) is 0.489. The van der Waals surface area contributed by atoms with Gasteiger partial charge in [0.25, 0.3) is 5.91 Å². The summed E-state index contributed by atoms with van der Waals surface area (Å²) in [4.78, 5) is 11.7. The van der Waals surface area contributed by atoms with E-state index in [9.17, 15) is 4.79 Å². The molecule has 0 saturated carbocycles. The normalized spacial score (nSPS) is 10.6. The second-order valence-electron chi connectivity index (χ2n) is 3.76. The van der Waals surface area contributed by atoms with Gasteiger partial charge in [-0.3, -0.25) is 4.79 Å². The maximum Gasteiger partial charge on any atom is 0.271 e. The first-order valence-electron chi connectivity index (χ1n) is 5.50. The van der Waals surface area contributed by atoms with Crippen LogP contribution in [0.5, 0.6) is 0 Å². The average molecular weight is 385 g/mol. The molecule has 0 radical (unpaired) electrons. The Morgan fingerprint density at radius 3 is 2.37 bits per heavy atom. The molecule has 0 aromatic heterocycles. The SMILES string of the molecule is O=C(N/N=C\c1ccc(I)cc1)c1ccc(Cl)cc1. The van der Waals surface area contributed by atoms with Gasteiger partial charge in [-0.1, -0.05) is 23.7 Å². The Morgan fingerprint density at radius 2 is 1.74 bits per heavy atom. The molecule has 0 spiro atoms. The Kier molecular flexibility index (Phi) is 4.93. The fourth-order valence-electron chi connectivity index (χ4n) is 1.38. The minimum Gasteiger partial charge on any atom is -0.267 e. The van der Waals surface area contributed by atoms with Gasteiger partial charge in [0.15, 0.2) is 0 Å². The molecule has 3 nitrogen and oxygen atoms in total. The third-order valence-corrected chi connectivity index (χ3v) is 3.33. The summed E-state index contributed by atoms with van der Waals surface area (Å²) in [6, 6.07) is 14.4. The van der Waals surface area contributed by atoms with Crippen molar-refractivity contribution >= 4 is 46.3 Å². The monoisotopic (exact) mass is 384 g/mol. The summed E-state index contributed by atoms with van der Waals surface area (Å²) in [5.74, 6) is -0.265. The average Bonchev–Trinajstić information content (AvgIpc) is 2.41. The van der Waals surface area contributed by atoms with Crippen molar-refractivity contribution in [3.05, 3.63) is 68.3 Å². The van der Waals surface area contributed by atoms with E-state index in [1.54, 1.807) is 30.5 Å². The van der Waals surface area contributed by atoms with Gasteiger partial charge in [0, 0.05) is 14.2 Å². The molecule has 0 heterocycles. The molecule has 1 N–H and O–H groups in total. The van der Waals surface area contributed by atoms with Crippen molar-refractivity contribution in [2.75, 3.05) is 0 Å². The number of nitrogens with one attached hydrogen (secondary N) is 1. The molecule has 0 atom stereocenters. The number of hydrogen-bond donors (Lipinski definition) is 1. The van der Waals surface area contributed by atoms with Gasteiger partial charge >= 0.3 is 0 Å². The van der Waals surface area contributed by atoms with Crippen molar-refractivity contribution < 1.29 is 4.79 Å². The van der Waals surface area contributed by atoms with Gasteiger partial charge in [0.05, 0.1) is 6.21 Å². The lowest BCUT2D eigenvalue weighted by molar-refractivity contribution is 0.0955. The van der Waals surface area contributed by atoms with Crippen molar-refractivity contribution in [2.24, 2.45) is 5.10 Å². The zero-order valence-corrected chi connectivity index (χ0v) is 12.7. The number of amides is 1. The van der Waals surface area contributed by atoms with E-state index in [0.29, 0.717) is 10.6 Å². The number of hydrogen-bond acceptors (Lipinski definition) is 2. The van der Waals surface area contributed by atoms with Gasteiger partial charge in [0.2, 0.25) is 0 Å². The molecule has 96 valence electrons. The van der Waals surface area contributed by atoms with Gasteiger partial charge in [-0.15, -0.1) is 0 Å². The summed E-state index contributed by atoms with van der Waals surface area (Å²) in [6.07, 6.45) is 1.60. The molecule has 0 aliphatic carbocycles. The number of benzene rings is 2. The zero-order chi connectivity index (χ0) is 13.7. The lowest BCUT2D eigenvalue weighted by Crippen LogP contribution is -2.17. The van der Waals surface area contributed by atoms with Crippen LogP contribution in [-0.4, -0.2) is 12.1 Å². The second kappa shape index (κ2) is 6.68. The molecule has 2 rings (SSSR count). The number of carbonyl (C=O) groups excluding carboxylic acids is 1. The predicted molar refractivity (Wildman–Crippen MR) is 85.7 cm³/mol. The second-order valence-corrected chi connectivity index (χ2v) is 5.44. The van der Waals surface area contributed by atoms with Gasteiger partial charge in [0.1, 0.15) is 0 Å². The Hall–Kier alpha value is -1.40. The van der Waals surface area contributed by atoms with Crippen LogP contribution in [0.4, 0.5) is 0 Å². The van der Waals surface area contributed by atoms with Crippen LogP contribution >= 0.6 is 34.2 Å². The number of rotatable bonds is 3. The molecule has 19 heavy (non-hydrogen) atoms. The van der Waals surface area contributed by atoms with Crippen molar-refractivity contribution in [1.82, 2.24) is 5.43 Å². The molecule has 2 aromatic rings. The molecular weight excluding hydrogens is 375 g/mol. The molecule has 5 heteroatoms. The molecule has 0 fully saturated rings. The van der Waals surface area contributed by atoms with Gasteiger partial charge < -0.3 is 0 Å². The summed E-state index contributed by atoms with van der Waals surface area (Å²) < 4.78 is 1.15. The van der Waals surface area contributed by atoms with Crippen molar-refractivity contribution in [1.29, 1.82) is 0 Å². The fourth-order valence-corrected chi connectivity index (χ4v) is 1.87. The van der Waals surface area contributed by atoms with Crippen LogP contribution in [0.25, 0.3) is 0 Å². The summed E-state index contributed by atoms with van der Waals surface area (Å²) >= 11 is 7.98. The molecule has 0 aliphatic heterocycles. The molecule has 0 bridgehead atoms. The van der Waals surface area contributed by atoms with E-state index in [1.165, 1.54) is 0 Å². The maximum atomic E-state index is 11.7. The van der Waals surface area contributed by atoms with Crippen LogP contribution in [0.2, 0.25) is 5.02 Å². The maximum absolute atomic E-state index is 11.7. The Balaban J connectivity index is 1.96.